The highest BCUT2D eigenvalue weighted by atomic mass is 35.5. The summed E-state index contributed by atoms with van der Waals surface area (Å²) in [6.07, 6.45) is -1.47. The van der Waals surface area contributed by atoms with Gasteiger partial charge < -0.3 is 15.4 Å². The Labute approximate surface area is 140 Å². The Balaban J connectivity index is 1.82. The summed E-state index contributed by atoms with van der Waals surface area (Å²) in [6.45, 7) is -1.64. The van der Waals surface area contributed by atoms with E-state index in [0.29, 0.717) is 21.5 Å². The molecule has 10 heteroatoms. The van der Waals surface area contributed by atoms with Crippen LogP contribution in [0.1, 0.15) is 0 Å². The third-order valence-electron chi connectivity index (χ3n) is 2.46. The molecule has 0 spiro atoms. The van der Waals surface area contributed by atoms with Gasteiger partial charge in [0.2, 0.25) is 0 Å². The van der Waals surface area contributed by atoms with Gasteiger partial charge in [0.1, 0.15) is 13.3 Å². The minimum Gasteiger partial charge on any atom is -0.350 e. The van der Waals surface area contributed by atoms with Crippen molar-refractivity contribution in [2.45, 2.75) is 12.9 Å². The second kappa shape index (κ2) is 7.62. The molecule has 5 nitrogen and oxygen atoms in total. The number of halogens is 4. The topological polar surface area (TPSA) is 51.1 Å². The lowest BCUT2D eigenvalue weighted by Crippen LogP contribution is -2.19. The molecule has 0 aliphatic rings. The molecular weight excluding hydrogens is 353 g/mol. The minimum absolute atomic E-state index is 0.294. The molecule has 0 aliphatic heterocycles. The maximum absolute atomic E-state index is 12.0. The van der Waals surface area contributed by atoms with Crippen molar-refractivity contribution in [1.82, 2.24) is 9.78 Å². The van der Waals surface area contributed by atoms with Crippen LogP contribution in [0.5, 0.6) is 0 Å². The Hall–Kier alpha value is -1.84. The van der Waals surface area contributed by atoms with Gasteiger partial charge in [-0.3, -0.25) is 0 Å². The van der Waals surface area contributed by atoms with Crippen molar-refractivity contribution in [3.05, 3.63) is 41.7 Å². The normalized spacial score (nSPS) is 11.3. The summed E-state index contributed by atoms with van der Waals surface area (Å²) in [5.74, 6) is 0. The fraction of sp³-hybridized carbons (Fsp3) is 0.231. The number of rotatable bonds is 5. The number of nitrogens with zero attached hydrogens (tertiary/aromatic N) is 2. The number of hydrogen-bond donors (Lipinski definition) is 2. The second-order valence-electron chi connectivity index (χ2n) is 4.45. The number of alkyl halides is 3. The van der Waals surface area contributed by atoms with Crippen LogP contribution in [0.3, 0.4) is 0 Å². The van der Waals surface area contributed by atoms with Crippen LogP contribution in [0.2, 0.25) is 5.02 Å². The fourth-order valence-corrected chi connectivity index (χ4v) is 2.04. The van der Waals surface area contributed by atoms with Gasteiger partial charge in [0.15, 0.2) is 5.11 Å². The standard InChI is InChI=1S/C13H12ClF3N4OS/c14-9-2-1-3-10(4-9)19-12(23)20-11-5-18-21(6-11)8-22-7-13(15,16)17/h1-6H,7-8H2,(H2,19,20,23). The monoisotopic (exact) mass is 364 g/mol. The Morgan fingerprint density at radius 2 is 2.04 bits per heavy atom. The molecule has 0 atom stereocenters. The summed E-state index contributed by atoms with van der Waals surface area (Å²) in [5, 5.41) is 10.5. The van der Waals surface area contributed by atoms with E-state index >= 15 is 0 Å². The first kappa shape index (κ1) is 17.5. The van der Waals surface area contributed by atoms with E-state index in [4.69, 9.17) is 23.8 Å². The third kappa shape index (κ3) is 6.43. The first-order valence-corrected chi connectivity index (χ1v) is 7.11. The van der Waals surface area contributed by atoms with Crippen molar-refractivity contribution in [3.63, 3.8) is 0 Å². The molecule has 1 heterocycles. The average Bonchev–Trinajstić information content (AvgIpc) is 2.84. The quantitative estimate of drug-likeness (QED) is 0.788. The molecule has 0 saturated heterocycles. The van der Waals surface area contributed by atoms with E-state index in [9.17, 15) is 13.2 Å². The Kier molecular flexibility index (Phi) is 5.80. The predicted molar refractivity (Wildman–Crippen MR) is 85.5 cm³/mol. The number of nitrogens with one attached hydrogen (secondary N) is 2. The van der Waals surface area contributed by atoms with Crippen LogP contribution in [0, 0.1) is 0 Å². The number of hydrogen-bond acceptors (Lipinski definition) is 3. The molecule has 0 aliphatic carbocycles. The van der Waals surface area contributed by atoms with Crippen LogP contribution in [0.15, 0.2) is 36.7 Å². The Bertz CT molecular complexity index is 677. The van der Waals surface area contributed by atoms with Crippen molar-refractivity contribution in [1.29, 1.82) is 0 Å². The predicted octanol–water partition coefficient (Wildman–Crippen LogP) is 3.88. The summed E-state index contributed by atoms with van der Waals surface area (Å²) in [4.78, 5) is 0. The van der Waals surface area contributed by atoms with E-state index in [1.54, 1.807) is 24.3 Å². The molecule has 1 aromatic carbocycles. The van der Waals surface area contributed by atoms with Gasteiger partial charge in [-0.1, -0.05) is 17.7 Å². The molecule has 2 aromatic rings. The van der Waals surface area contributed by atoms with E-state index in [-0.39, 0.29) is 6.73 Å². The van der Waals surface area contributed by atoms with Crippen LogP contribution in [-0.4, -0.2) is 27.7 Å². The molecule has 124 valence electrons. The van der Waals surface area contributed by atoms with Crippen LogP contribution in [0.25, 0.3) is 0 Å². The lowest BCUT2D eigenvalue weighted by Gasteiger charge is -2.09. The van der Waals surface area contributed by atoms with Crippen LogP contribution < -0.4 is 10.6 Å². The molecule has 2 N–H and O–H groups in total. The Morgan fingerprint density at radius 3 is 2.74 bits per heavy atom. The second-order valence-corrected chi connectivity index (χ2v) is 5.30. The maximum Gasteiger partial charge on any atom is 0.411 e. The van der Waals surface area contributed by atoms with Gasteiger partial charge in [0.25, 0.3) is 0 Å². The van der Waals surface area contributed by atoms with Gasteiger partial charge >= 0.3 is 6.18 Å². The summed E-state index contributed by atoms with van der Waals surface area (Å²) in [7, 11) is 0. The van der Waals surface area contributed by atoms with Gasteiger partial charge in [-0.2, -0.15) is 18.3 Å². The highest BCUT2D eigenvalue weighted by Crippen LogP contribution is 2.16. The Morgan fingerprint density at radius 1 is 1.30 bits per heavy atom. The molecule has 0 radical (unpaired) electrons. The summed E-state index contributed by atoms with van der Waals surface area (Å²) < 4.78 is 41.6. The highest BCUT2D eigenvalue weighted by molar-refractivity contribution is 7.80. The lowest BCUT2D eigenvalue weighted by atomic mass is 10.3. The van der Waals surface area contributed by atoms with Crippen LogP contribution in [0.4, 0.5) is 24.5 Å². The van der Waals surface area contributed by atoms with E-state index in [0.717, 1.165) is 0 Å². The van der Waals surface area contributed by atoms with E-state index in [1.165, 1.54) is 17.1 Å². The minimum atomic E-state index is -4.36. The zero-order valence-electron chi connectivity index (χ0n) is 11.6. The summed E-state index contributed by atoms with van der Waals surface area (Å²) in [5.41, 5.74) is 1.22. The third-order valence-corrected chi connectivity index (χ3v) is 2.90. The zero-order valence-corrected chi connectivity index (χ0v) is 13.2. The van der Waals surface area contributed by atoms with Crippen molar-refractivity contribution >= 4 is 40.3 Å². The maximum atomic E-state index is 12.0. The fourth-order valence-electron chi connectivity index (χ4n) is 1.61. The molecular formula is C13H12ClF3N4OS. The zero-order chi connectivity index (χ0) is 16.9. The molecule has 1 aromatic heterocycles. The smallest absolute Gasteiger partial charge is 0.350 e. The number of aromatic nitrogens is 2. The van der Waals surface area contributed by atoms with E-state index < -0.39 is 12.8 Å². The molecule has 0 unspecified atom stereocenters. The van der Waals surface area contributed by atoms with Gasteiger partial charge in [-0.25, -0.2) is 4.68 Å². The van der Waals surface area contributed by atoms with Gasteiger partial charge in [-0.05, 0) is 30.4 Å². The molecule has 0 amide bonds. The van der Waals surface area contributed by atoms with Crippen molar-refractivity contribution < 1.29 is 17.9 Å². The van der Waals surface area contributed by atoms with Crippen LogP contribution in [-0.2, 0) is 11.5 Å². The molecule has 0 saturated carbocycles. The SMILES string of the molecule is FC(F)(F)COCn1cc(NC(=S)Nc2cccc(Cl)c2)cn1. The molecule has 0 bridgehead atoms. The van der Waals surface area contributed by atoms with Gasteiger partial charge in [0, 0.05) is 10.7 Å². The van der Waals surface area contributed by atoms with Crippen molar-refractivity contribution in [3.8, 4) is 0 Å². The molecule has 2 rings (SSSR count). The average molecular weight is 365 g/mol. The van der Waals surface area contributed by atoms with Crippen LogP contribution >= 0.6 is 23.8 Å². The van der Waals surface area contributed by atoms with Crippen molar-refractivity contribution in [2.75, 3.05) is 17.2 Å². The molecule has 23 heavy (non-hydrogen) atoms. The summed E-state index contributed by atoms with van der Waals surface area (Å²) >= 11 is 11.0. The highest BCUT2D eigenvalue weighted by Gasteiger charge is 2.27. The largest absolute Gasteiger partial charge is 0.411 e. The molecule has 0 fully saturated rings. The number of anilines is 2. The van der Waals surface area contributed by atoms with Crippen molar-refractivity contribution in [2.24, 2.45) is 0 Å². The van der Waals surface area contributed by atoms with Gasteiger partial charge in [0.05, 0.1) is 18.1 Å². The van der Waals surface area contributed by atoms with Gasteiger partial charge in [-0.15, -0.1) is 0 Å². The van der Waals surface area contributed by atoms with E-state index in [1.807, 2.05) is 0 Å². The first-order chi connectivity index (χ1) is 10.8. The lowest BCUT2D eigenvalue weighted by molar-refractivity contribution is -0.182. The number of thiocarbonyl (C=S) groups is 1. The number of benzene rings is 1. The summed E-state index contributed by atoms with van der Waals surface area (Å²) in [6, 6.07) is 6.98. The number of ether oxygens (including phenoxy) is 1. The first-order valence-electron chi connectivity index (χ1n) is 6.32. The van der Waals surface area contributed by atoms with E-state index in [2.05, 4.69) is 20.5 Å².